The Morgan fingerprint density at radius 1 is 1.00 bits per heavy atom. The van der Waals surface area contributed by atoms with Crippen molar-refractivity contribution >= 4 is 5.97 Å². The van der Waals surface area contributed by atoms with Gasteiger partial charge in [-0.15, -0.1) is 11.8 Å². The highest BCUT2D eigenvalue weighted by Gasteiger charge is 2.21. The molecule has 3 nitrogen and oxygen atoms in total. The van der Waals surface area contributed by atoms with E-state index >= 15 is 0 Å². The molecule has 1 N–H and O–H groups in total. The lowest BCUT2D eigenvalue weighted by atomic mass is 9.93. The molecule has 0 saturated heterocycles. The summed E-state index contributed by atoms with van der Waals surface area (Å²) in [6.45, 7) is 2.13. The third kappa shape index (κ3) is 4.81. The maximum Gasteiger partial charge on any atom is 0.311 e. The van der Waals surface area contributed by atoms with Crippen molar-refractivity contribution in [1.82, 2.24) is 0 Å². The number of hydrogen-bond donors (Lipinski definition) is 1. The standard InChI is InChI=1S/C25H22O3/c1-2-3-14-23(25(26)27)21-15-16-22(20-12-8-5-9-13-20)24(17-21)28-18-19-10-6-4-7-11-19/h4-13,15-17,23H,14,18H2,1H3,(H,26,27). The quantitative estimate of drug-likeness (QED) is 0.558. The van der Waals surface area contributed by atoms with Gasteiger partial charge >= 0.3 is 5.97 Å². The van der Waals surface area contributed by atoms with Crippen molar-refractivity contribution in [2.45, 2.75) is 25.9 Å². The molecule has 0 amide bonds. The van der Waals surface area contributed by atoms with E-state index in [9.17, 15) is 9.90 Å². The first-order valence-electron chi connectivity index (χ1n) is 9.17. The molecule has 0 radical (unpaired) electrons. The third-order valence-corrected chi connectivity index (χ3v) is 4.51. The predicted molar refractivity (Wildman–Crippen MR) is 111 cm³/mol. The molecular weight excluding hydrogens is 348 g/mol. The van der Waals surface area contributed by atoms with Crippen molar-refractivity contribution in [2.75, 3.05) is 0 Å². The Labute approximate surface area is 165 Å². The summed E-state index contributed by atoms with van der Waals surface area (Å²) in [6, 6.07) is 25.5. The first kappa shape index (κ1) is 19.3. The van der Waals surface area contributed by atoms with Gasteiger partial charge in [-0.2, -0.15) is 0 Å². The summed E-state index contributed by atoms with van der Waals surface area (Å²) in [4.78, 5) is 11.7. The second-order valence-corrected chi connectivity index (χ2v) is 6.42. The molecule has 140 valence electrons. The van der Waals surface area contributed by atoms with Crippen LogP contribution in [0, 0.1) is 11.8 Å². The predicted octanol–water partition coefficient (Wildman–Crippen LogP) is 5.51. The van der Waals surface area contributed by atoms with Gasteiger partial charge in [0.15, 0.2) is 0 Å². The molecule has 0 spiro atoms. The molecule has 1 atom stereocenters. The van der Waals surface area contributed by atoms with E-state index in [1.54, 1.807) is 6.92 Å². The molecule has 0 bridgehead atoms. The molecule has 3 aromatic carbocycles. The summed E-state index contributed by atoms with van der Waals surface area (Å²) in [7, 11) is 0. The summed E-state index contributed by atoms with van der Waals surface area (Å²) in [6.07, 6.45) is 0.272. The van der Waals surface area contributed by atoms with Gasteiger partial charge < -0.3 is 9.84 Å². The van der Waals surface area contributed by atoms with E-state index in [-0.39, 0.29) is 6.42 Å². The first-order chi connectivity index (χ1) is 13.7. The molecular formula is C25H22O3. The largest absolute Gasteiger partial charge is 0.488 e. The monoisotopic (exact) mass is 370 g/mol. The minimum Gasteiger partial charge on any atom is -0.488 e. The van der Waals surface area contributed by atoms with Crippen LogP contribution in [0.4, 0.5) is 0 Å². The maximum absolute atomic E-state index is 11.7. The number of hydrogen-bond acceptors (Lipinski definition) is 2. The highest BCUT2D eigenvalue weighted by molar-refractivity contribution is 5.78. The Morgan fingerprint density at radius 3 is 2.32 bits per heavy atom. The maximum atomic E-state index is 11.7. The molecule has 3 aromatic rings. The van der Waals surface area contributed by atoms with E-state index in [1.165, 1.54) is 0 Å². The molecule has 3 heteroatoms. The molecule has 0 aromatic heterocycles. The second kappa shape index (κ2) is 9.43. The van der Waals surface area contributed by atoms with E-state index < -0.39 is 11.9 Å². The summed E-state index contributed by atoms with van der Waals surface area (Å²) in [5.74, 6) is 4.76. The molecule has 0 heterocycles. The van der Waals surface area contributed by atoms with Crippen LogP contribution in [0.3, 0.4) is 0 Å². The summed E-state index contributed by atoms with van der Waals surface area (Å²) in [5.41, 5.74) is 3.71. The van der Waals surface area contributed by atoms with Crippen LogP contribution < -0.4 is 4.74 Å². The van der Waals surface area contributed by atoms with Crippen molar-refractivity contribution < 1.29 is 14.6 Å². The lowest BCUT2D eigenvalue weighted by Gasteiger charge is -2.16. The van der Waals surface area contributed by atoms with Crippen LogP contribution in [-0.4, -0.2) is 11.1 Å². The normalized spacial score (nSPS) is 11.2. The summed E-state index contributed by atoms with van der Waals surface area (Å²) in [5, 5.41) is 9.63. The number of carbonyl (C=O) groups is 1. The molecule has 1 unspecified atom stereocenters. The van der Waals surface area contributed by atoms with Crippen LogP contribution >= 0.6 is 0 Å². The summed E-state index contributed by atoms with van der Waals surface area (Å²) >= 11 is 0. The van der Waals surface area contributed by atoms with Gasteiger partial charge in [0.1, 0.15) is 12.4 Å². The van der Waals surface area contributed by atoms with Crippen molar-refractivity contribution in [2.24, 2.45) is 0 Å². The number of benzene rings is 3. The van der Waals surface area contributed by atoms with E-state index in [0.29, 0.717) is 17.9 Å². The minimum atomic E-state index is -0.885. The van der Waals surface area contributed by atoms with Gasteiger partial charge in [-0.25, -0.2) is 0 Å². The van der Waals surface area contributed by atoms with Crippen LogP contribution in [-0.2, 0) is 11.4 Å². The van der Waals surface area contributed by atoms with Crippen LogP contribution in [0.1, 0.15) is 30.4 Å². The Hall–Kier alpha value is -3.51. The van der Waals surface area contributed by atoms with E-state index in [0.717, 1.165) is 16.7 Å². The Kier molecular flexibility index (Phi) is 6.49. The van der Waals surface area contributed by atoms with Crippen molar-refractivity contribution in [1.29, 1.82) is 0 Å². The molecule has 0 aliphatic heterocycles. The third-order valence-electron chi connectivity index (χ3n) is 4.51. The molecule has 0 aliphatic rings. The van der Waals surface area contributed by atoms with E-state index in [2.05, 4.69) is 11.8 Å². The number of carboxylic acid groups (broad SMARTS) is 1. The van der Waals surface area contributed by atoms with Crippen LogP contribution in [0.5, 0.6) is 5.75 Å². The van der Waals surface area contributed by atoms with Crippen molar-refractivity contribution in [3.63, 3.8) is 0 Å². The van der Waals surface area contributed by atoms with E-state index in [4.69, 9.17) is 4.74 Å². The van der Waals surface area contributed by atoms with E-state index in [1.807, 2.05) is 78.9 Å². The fourth-order valence-corrected chi connectivity index (χ4v) is 3.02. The second-order valence-electron chi connectivity index (χ2n) is 6.42. The SMILES string of the molecule is CC#CCC(C(=O)O)c1ccc(-c2ccccc2)c(OCc2ccccc2)c1. The molecule has 0 fully saturated rings. The van der Waals surface area contributed by atoms with Crippen LogP contribution in [0.25, 0.3) is 11.1 Å². The lowest BCUT2D eigenvalue weighted by molar-refractivity contribution is -0.138. The average Bonchev–Trinajstić information content (AvgIpc) is 2.74. The zero-order valence-electron chi connectivity index (χ0n) is 15.8. The highest BCUT2D eigenvalue weighted by atomic mass is 16.5. The Balaban J connectivity index is 1.98. The molecule has 3 rings (SSSR count). The van der Waals surface area contributed by atoms with Crippen LogP contribution in [0.15, 0.2) is 78.9 Å². The number of carboxylic acids is 1. The van der Waals surface area contributed by atoms with Gasteiger partial charge in [0.2, 0.25) is 0 Å². The summed E-state index contributed by atoms with van der Waals surface area (Å²) < 4.78 is 6.12. The van der Waals surface area contributed by atoms with Gasteiger partial charge in [0, 0.05) is 12.0 Å². The fourth-order valence-electron chi connectivity index (χ4n) is 3.02. The zero-order chi connectivity index (χ0) is 19.8. The Morgan fingerprint density at radius 2 is 1.68 bits per heavy atom. The number of ether oxygens (including phenoxy) is 1. The zero-order valence-corrected chi connectivity index (χ0v) is 15.8. The minimum absolute atomic E-state index is 0.272. The van der Waals surface area contributed by atoms with Gasteiger partial charge in [-0.3, -0.25) is 4.79 Å². The smallest absolute Gasteiger partial charge is 0.311 e. The fraction of sp³-hybridized carbons (Fsp3) is 0.160. The first-order valence-corrected chi connectivity index (χ1v) is 9.17. The Bertz CT molecular complexity index is 983. The molecule has 0 saturated carbocycles. The van der Waals surface area contributed by atoms with Gasteiger partial charge in [-0.1, -0.05) is 72.8 Å². The van der Waals surface area contributed by atoms with Gasteiger partial charge in [0.25, 0.3) is 0 Å². The molecule has 28 heavy (non-hydrogen) atoms. The average molecular weight is 370 g/mol. The molecule has 0 aliphatic carbocycles. The van der Waals surface area contributed by atoms with Gasteiger partial charge in [-0.05, 0) is 29.7 Å². The highest BCUT2D eigenvalue weighted by Crippen LogP contribution is 2.34. The van der Waals surface area contributed by atoms with Gasteiger partial charge in [0.05, 0.1) is 5.92 Å². The number of aliphatic carboxylic acids is 1. The van der Waals surface area contributed by atoms with Crippen molar-refractivity contribution in [3.8, 4) is 28.7 Å². The number of rotatable bonds is 7. The van der Waals surface area contributed by atoms with Crippen LogP contribution in [0.2, 0.25) is 0 Å². The lowest BCUT2D eigenvalue weighted by Crippen LogP contribution is -2.11. The van der Waals surface area contributed by atoms with Crippen molar-refractivity contribution in [3.05, 3.63) is 90.0 Å². The topological polar surface area (TPSA) is 46.5 Å².